The van der Waals surface area contributed by atoms with Gasteiger partial charge in [-0.1, -0.05) is 24.3 Å². The lowest BCUT2D eigenvalue weighted by molar-refractivity contribution is -0.123. The highest BCUT2D eigenvalue weighted by atomic mass is 16.5. The molecule has 0 bridgehead atoms. The number of benzene rings is 1. The molecule has 6 nitrogen and oxygen atoms in total. The third kappa shape index (κ3) is 3.98. The van der Waals surface area contributed by atoms with Crippen LogP contribution in [0.25, 0.3) is 11.3 Å². The van der Waals surface area contributed by atoms with E-state index in [0.29, 0.717) is 12.3 Å². The van der Waals surface area contributed by atoms with Gasteiger partial charge < -0.3 is 10.1 Å². The molecular weight excluding hydrogens is 304 g/mol. The largest absolute Gasteiger partial charge is 0.484 e. The van der Waals surface area contributed by atoms with Crippen LogP contribution in [-0.4, -0.2) is 27.3 Å². The third-order valence-electron chi connectivity index (χ3n) is 3.46. The molecule has 0 spiro atoms. The van der Waals surface area contributed by atoms with Crippen molar-refractivity contribution in [2.75, 3.05) is 6.61 Å². The van der Waals surface area contributed by atoms with Gasteiger partial charge in [0.05, 0.1) is 11.9 Å². The van der Waals surface area contributed by atoms with Crippen LogP contribution in [0.2, 0.25) is 0 Å². The van der Waals surface area contributed by atoms with Crippen LogP contribution in [0, 0.1) is 0 Å². The highest BCUT2D eigenvalue weighted by molar-refractivity contribution is 5.77. The Hall–Kier alpha value is -3.15. The molecule has 0 aliphatic carbocycles. The van der Waals surface area contributed by atoms with Gasteiger partial charge in [-0.05, 0) is 23.8 Å². The van der Waals surface area contributed by atoms with E-state index in [1.807, 2.05) is 55.7 Å². The maximum atomic E-state index is 12.0. The first-order chi connectivity index (χ1) is 11.7. The van der Waals surface area contributed by atoms with Gasteiger partial charge in [0.15, 0.2) is 6.61 Å². The minimum Gasteiger partial charge on any atom is -0.484 e. The second-order valence-electron chi connectivity index (χ2n) is 5.29. The van der Waals surface area contributed by atoms with E-state index in [9.17, 15) is 4.79 Å². The van der Waals surface area contributed by atoms with E-state index in [1.165, 1.54) is 0 Å². The molecule has 0 fully saturated rings. The van der Waals surface area contributed by atoms with Crippen molar-refractivity contribution in [3.05, 3.63) is 66.6 Å². The number of nitrogens with zero attached hydrogens (tertiary/aromatic N) is 3. The number of aromatic nitrogens is 3. The SMILES string of the molecule is Cn1cc(-c2ncccc2CNC(=O)COc2ccccc2)cn1. The summed E-state index contributed by atoms with van der Waals surface area (Å²) in [5.74, 6) is 0.491. The minimum atomic E-state index is -0.181. The molecule has 24 heavy (non-hydrogen) atoms. The Morgan fingerprint density at radius 1 is 1.21 bits per heavy atom. The van der Waals surface area contributed by atoms with Gasteiger partial charge in [-0.15, -0.1) is 0 Å². The van der Waals surface area contributed by atoms with Gasteiger partial charge in [0.1, 0.15) is 5.75 Å². The predicted octanol–water partition coefficient (Wildman–Crippen LogP) is 2.18. The molecule has 1 aromatic carbocycles. The molecule has 6 heteroatoms. The van der Waals surface area contributed by atoms with Crippen LogP contribution in [0.5, 0.6) is 5.75 Å². The second kappa shape index (κ2) is 7.41. The summed E-state index contributed by atoms with van der Waals surface area (Å²) < 4.78 is 7.16. The summed E-state index contributed by atoms with van der Waals surface area (Å²) in [6.45, 7) is 0.363. The molecule has 1 N–H and O–H groups in total. The van der Waals surface area contributed by atoms with Gasteiger partial charge in [0, 0.05) is 31.5 Å². The number of carbonyl (C=O) groups excluding carboxylic acids is 1. The van der Waals surface area contributed by atoms with Crippen LogP contribution in [0.3, 0.4) is 0 Å². The van der Waals surface area contributed by atoms with Crippen molar-refractivity contribution in [2.24, 2.45) is 7.05 Å². The van der Waals surface area contributed by atoms with Crippen molar-refractivity contribution < 1.29 is 9.53 Å². The Morgan fingerprint density at radius 3 is 2.79 bits per heavy atom. The molecule has 1 amide bonds. The normalized spacial score (nSPS) is 10.4. The lowest BCUT2D eigenvalue weighted by Gasteiger charge is -2.09. The Morgan fingerprint density at radius 2 is 2.04 bits per heavy atom. The molecule has 0 saturated heterocycles. The summed E-state index contributed by atoms with van der Waals surface area (Å²) in [7, 11) is 1.86. The zero-order chi connectivity index (χ0) is 16.8. The number of hydrogen-bond donors (Lipinski definition) is 1. The first-order valence-electron chi connectivity index (χ1n) is 7.60. The van der Waals surface area contributed by atoms with Gasteiger partial charge in [-0.25, -0.2) is 0 Å². The molecule has 0 aliphatic heterocycles. The van der Waals surface area contributed by atoms with E-state index in [4.69, 9.17) is 4.74 Å². The molecule has 0 aliphatic rings. The molecular formula is C18H18N4O2. The van der Waals surface area contributed by atoms with E-state index in [2.05, 4.69) is 15.4 Å². The Labute approximate surface area is 140 Å². The topological polar surface area (TPSA) is 69.0 Å². The quantitative estimate of drug-likeness (QED) is 0.755. The monoisotopic (exact) mass is 322 g/mol. The summed E-state index contributed by atoms with van der Waals surface area (Å²) in [4.78, 5) is 16.4. The molecule has 3 aromatic rings. The smallest absolute Gasteiger partial charge is 0.258 e. The average Bonchev–Trinajstić information content (AvgIpc) is 3.05. The van der Waals surface area contributed by atoms with Gasteiger partial charge in [-0.2, -0.15) is 5.10 Å². The van der Waals surface area contributed by atoms with E-state index >= 15 is 0 Å². The van der Waals surface area contributed by atoms with Gasteiger partial charge >= 0.3 is 0 Å². The zero-order valence-electron chi connectivity index (χ0n) is 13.3. The predicted molar refractivity (Wildman–Crippen MR) is 90.2 cm³/mol. The van der Waals surface area contributed by atoms with Crippen LogP contribution in [-0.2, 0) is 18.4 Å². The van der Waals surface area contributed by atoms with Crippen molar-refractivity contribution >= 4 is 5.91 Å². The highest BCUT2D eigenvalue weighted by Crippen LogP contribution is 2.20. The Balaban J connectivity index is 1.59. The number of aryl methyl sites for hydroxylation is 1. The summed E-state index contributed by atoms with van der Waals surface area (Å²) in [6, 6.07) is 13.0. The third-order valence-corrected chi connectivity index (χ3v) is 3.46. The number of amides is 1. The van der Waals surface area contributed by atoms with Crippen molar-refractivity contribution in [2.45, 2.75) is 6.54 Å². The fourth-order valence-electron chi connectivity index (χ4n) is 2.30. The molecule has 0 atom stereocenters. The van der Waals surface area contributed by atoms with Crippen molar-refractivity contribution in [3.63, 3.8) is 0 Å². The maximum absolute atomic E-state index is 12.0. The molecule has 0 saturated carbocycles. The molecule has 0 radical (unpaired) electrons. The number of hydrogen-bond acceptors (Lipinski definition) is 4. The second-order valence-corrected chi connectivity index (χ2v) is 5.29. The van der Waals surface area contributed by atoms with Gasteiger partial charge in [-0.3, -0.25) is 14.5 Å². The lowest BCUT2D eigenvalue weighted by atomic mass is 10.1. The fourth-order valence-corrected chi connectivity index (χ4v) is 2.30. The first-order valence-corrected chi connectivity index (χ1v) is 7.60. The van der Waals surface area contributed by atoms with Gasteiger partial charge in [0.25, 0.3) is 5.91 Å². The standard InChI is InChI=1S/C18H18N4O2/c1-22-12-15(11-21-22)18-14(6-5-9-19-18)10-20-17(23)13-24-16-7-3-2-4-8-16/h2-9,11-12H,10,13H2,1H3,(H,20,23). The summed E-state index contributed by atoms with van der Waals surface area (Å²) in [5, 5.41) is 7.02. The van der Waals surface area contributed by atoms with Gasteiger partial charge in [0.2, 0.25) is 0 Å². The van der Waals surface area contributed by atoms with Crippen LogP contribution >= 0.6 is 0 Å². The summed E-state index contributed by atoms with van der Waals surface area (Å²) in [6.07, 6.45) is 5.38. The summed E-state index contributed by atoms with van der Waals surface area (Å²) >= 11 is 0. The Bertz CT molecular complexity index is 815. The van der Waals surface area contributed by atoms with Crippen molar-refractivity contribution in [1.82, 2.24) is 20.1 Å². The van der Waals surface area contributed by atoms with Crippen LogP contribution in [0.15, 0.2) is 61.1 Å². The van der Waals surface area contributed by atoms with E-state index in [0.717, 1.165) is 16.8 Å². The number of pyridine rings is 1. The van der Waals surface area contributed by atoms with E-state index < -0.39 is 0 Å². The van der Waals surface area contributed by atoms with E-state index in [1.54, 1.807) is 17.1 Å². The average molecular weight is 322 g/mol. The Kier molecular flexibility index (Phi) is 4.86. The zero-order valence-corrected chi connectivity index (χ0v) is 13.3. The van der Waals surface area contributed by atoms with Crippen LogP contribution in [0.1, 0.15) is 5.56 Å². The van der Waals surface area contributed by atoms with E-state index in [-0.39, 0.29) is 12.5 Å². The number of rotatable bonds is 6. The highest BCUT2D eigenvalue weighted by Gasteiger charge is 2.10. The first kappa shape index (κ1) is 15.7. The number of nitrogens with one attached hydrogen (secondary N) is 1. The molecule has 122 valence electrons. The lowest BCUT2D eigenvalue weighted by Crippen LogP contribution is -2.28. The summed E-state index contributed by atoms with van der Waals surface area (Å²) in [5.41, 5.74) is 2.66. The fraction of sp³-hybridized carbons (Fsp3) is 0.167. The minimum absolute atomic E-state index is 0.0213. The maximum Gasteiger partial charge on any atom is 0.258 e. The molecule has 2 aromatic heterocycles. The van der Waals surface area contributed by atoms with Crippen LogP contribution in [0.4, 0.5) is 0 Å². The number of carbonyl (C=O) groups is 1. The number of ether oxygens (including phenoxy) is 1. The van der Waals surface area contributed by atoms with Crippen molar-refractivity contribution in [1.29, 1.82) is 0 Å². The molecule has 2 heterocycles. The van der Waals surface area contributed by atoms with Crippen LogP contribution < -0.4 is 10.1 Å². The molecule has 0 unspecified atom stereocenters. The molecule has 3 rings (SSSR count). The van der Waals surface area contributed by atoms with Crippen molar-refractivity contribution in [3.8, 4) is 17.0 Å². The number of para-hydroxylation sites is 1.